The first-order valence-electron chi connectivity index (χ1n) is 7.06. The molecule has 1 amide bonds. The molecule has 0 bridgehead atoms. The van der Waals surface area contributed by atoms with E-state index in [0.717, 1.165) is 6.42 Å². The summed E-state index contributed by atoms with van der Waals surface area (Å²) in [6, 6.07) is 11.6. The average Bonchev–Trinajstić information content (AvgIpc) is 2.50. The maximum Gasteiger partial charge on any atom is 0.239 e. The Morgan fingerprint density at radius 1 is 1.40 bits per heavy atom. The molecule has 0 heterocycles. The van der Waals surface area contributed by atoms with Crippen molar-refractivity contribution in [3.63, 3.8) is 0 Å². The molecular weight excluding hydrogens is 250 g/mol. The maximum atomic E-state index is 12.2. The van der Waals surface area contributed by atoms with E-state index < -0.39 is 6.04 Å². The number of hydrogen-bond acceptors (Lipinski definition) is 3. The van der Waals surface area contributed by atoms with Gasteiger partial charge >= 0.3 is 0 Å². The van der Waals surface area contributed by atoms with Crippen molar-refractivity contribution in [2.45, 2.75) is 32.7 Å². The third kappa shape index (κ3) is 5.02. The molecule has 2 atom stereocenters. The lowest BCUT2D eigenvalue weighted by molar-refractivity contribution is -0.132. The summed E-state index contributed by atoms with van der Waals surface area (Å²) in [5, 5.41) is 8.83. The van der Waals surface area contributed by atoms with Gasteiger partial charge in [-0.15, -0.1) is 0 Å². The molecule has 108 valence electrons. The number of carbonyl (C=O) groups excluding carboxylic acids is 1. The molecule has 20 heavy (non-hydrogen) atoms. The van der Waals surface area contributed by atoms with E-state index in [1.807, 2.05) is 44.2 Å². The summed E-state index contributed by atoms with van der Waals surface area (Å²) >= 11 is 0. The summed E-state index contributed by atoms with van der Waals surface area (Å²) < 4.78 is 0. The molecular formula is C16H23N3O. The highest BCUT2D eigenvalue weighted by molar-refractivity contribution is 5.81. The van der Waals surface area contributed by atoms with Gasteiger partial charge in [0.05, 0.1) is 18.0 Å². The SMILES string of the molecule is CCN(CC(C)C#N)C(=O)C(N)CCc1ccccc1. The van der Waals surface area contributed by atoms with Gasteiger partial charge in [-0.2, -0.15) is 5.26 Å². The number of nitrogens with zero attached hydrogens (tertiary/aromatic N) is 2. The van der Waals surface area contributed by atoms with Gasteiger partial charge in [0.15, 0.2) is 0 Å². The molecule has 4 nitrogen and oxygen atoms in total. The summed E-state index contributed by atoms with van der Waals surface area (Å²) in [5.41, 5.74) is 7.17. The zero-order valence-electron chi connectivity index (χ0n) is 12.2. The van der Waals surface area contributed by atoms with Crippen molar-refractivity contribution in [1.29, 1.82) is 5.26 Å². The van der Waals surface area contributed by atoms with Gasteiger partial charge in [-0.1, -0.05) is 30.3 Å². The van der Waals surface area contributed by atoms with Crippen LogP contribution in [0.1, 0.15) is 25.8 Å². The van der Waals surface area contributed by atoms with Crippen LogP contribution in [-0.4, -0.2) is 29.9 Å². The number of hydrogen-bond donors (Lipinski definition) is 1. The topological polar surface area (TPSA) is 70.1 Å². The number of likely N-dealkylation sites (N-methyl/N-ethyl adjacent to an activating group) is 1. The fourth-order valence-electron chi connectivity index (χ4n) is 2.07. The first-order chi connectivity index (χ1) is 9.58. The summed E-state index contributed by atoms with van der Waals surface area (Å²) in [5.74, 6) is -0.231. The Kier molecular flexibility index (Phi) is 6.75. The normalized spacial score (nSPS) is 13.3. The zero-order chi connectivity index (χ0) is 15.0. The van der Waals surface area contributed by atoms with E-state index in [1.165, 1.54) is 5.56 Å². The van der Waals surface area contributed by atoms with Crippen LogP contribution in [0.2, 0.25) is 0 Å². The minimum absolute atomic E-state index is 0.0643. The highest BCUT2D eigenvalue weighted by Crippen LogP contribution is 2.07. The van der Waals surface area contributed by atoms with Crippen molar-refractivity contribution < 1.29 is 4.79 Å². The van der Waals surface area contributed by atoms with Crippen LogP contribution in [0, 0.1) is 17.2 Å². The van der Waals surface area contributed by atoms with Crippen LogP contribution in [0.5, 0.6) is 0 Å². The van der Waals surface area contributed by atoms with Gasteiger partial charge in [-0.25, -0.2) is 0 Å². The largest absolute Gasteiger partial charge is 0.340 e. The lowest BCUT2D eigenvalue weighted by Crippen LogP contribution is -2.45. The quantitative estimate of drug-likeness (QED) is 0.825. The van der Waals surface area contributed by atoms with Crippen molar-refractivity contribution in [2.75, 3.05) is 13.1 Å². The maximum absolute atomic E-state index is 12.2. The van der Waals surface area contributed by atoms with Gasteiger partial charge < -0.3 is 10.6 Å². The summed E-state index contributed by atoms with van der Waals surface area (Å²) in [4.78, 5) is 13.9. The summed E-state index contributed by atoms with van der Waals surface area (Å²) in [7, 11) is 0. The van der Waals surface area contributed by atoms with Crippen molar-refractivity contribution in [3.05, 3.63) is 35.9 Å². The monoisotopic (exact) mass is 273 g/mol. The second-order valence-corrected chi connectivity index (χ2v) is 5.04. The van der Waals surface area contributed by atoms with Gasteiger partial charge in [0.1, 0.15) is 0 Å². The molecule has 2 N–H and O–H groups in total. The molecule has 0 aliphatic rings. The van der Waals surface area contributed by atoms with Crippen LogP contribution in [0.25, 0.3) is 0 Å². The molecule has 0 aromatic heterocycles. The summed E-state index contributed by atoms with van der Waals surface area (Å²) in [6.45, 7) is 4.76. The first-order valence-corrected chi connectivity index (χ1v) is 7.06. The van der Waals surface area contributed by atoms with Crippen LogP contribution in [0.3, 0.4) is 0 Å². The van der Waals surface area contributed by atoms with Crippen molar-refractivity contribution in [3.8, 4) is 6.07 Å². The molecule has 1 aromatic rings. The molecule has 1 rings (SSSR count). The molecule has 0 fully saturated rings. The van der Waals surface area contributed by atoms with E-state index >= 15 is 0 Å². The van der Waals surface area contributed by atoms with Crippen molar-refractivity contribution in [2.24, 2.45) is 11.7 Å². The minimum Gasteiger partial charge on any atom is -0.340 e. The van der Waals surface area contributed by atoms with Crippen molar-refractivity contribution in [1.82, 2.24) is 4.90 Å². The number of nitriles is 1. The Morgan fingerprint density at radius 3 is 2.60 bits per heavy atom. The van der Waals surface area contributed by atoms with Gasteiger partial charge in [0, 0.05) is 13.1 Å². The minimum atomic E-state index is -0.499. The van der Waals surface area contributed by atoms with Crippen LogP contribution in [0.4, 0.5) is 0 Å². The Bertz CT molecular complexity index is 453. The molecule has 0 aliphatic carbocycles. The number of amides is 1. The average molecular weight is 273 g/mol. The highest BCUT2D eigenvalue weighted by Gasteiger charge is 2.21. The van der Waals surface area contributed by atoms with Gasteiger partial charge in [0.25, 0.3) is 0 Å². The first kappa shape index (κ1) is 16.2. The van der Waals surface area contributed by atoms with Crippen LogP contribution >= 0.6 is 0 Å². The van der Waals surface area contributed by atoms with E-state index in [2.05, 4.69) is 6.07 Å². The number of rotatable bonds is 7. The van der Waals surface area contributed by atoms with E-state index in [9.17, 15) is 4.79 Å². The Hall–Kier alpha value is -1.86. The Balaban J connectivity index is 2.50. The smallest absolute Gasteiger partial charge is 0.239 e. The van der Waals surface area contributed by atoms with E-state index in [0.29, 0.717) is 19.5 Å². The number of benzene rings is 1. The predicted octanol–water partition coefficient (Wildman–Crippen LogP) is 1.95. The lowest BCUT2D eigenvalue weighted by atomic mass is 10.0. The molecule has 0 saturated heterocycles. The van der Waals surface area contributed by atoms with E-state index in [-0.39, 0.29) is 11.8 Å². The zero-order valence-corrected chi connectivity index (χ0v) is 12.2. The predicted molar refractivity (Wildman–Crippen MR) is 79.8 cm³/mol. The van der Waals surface area contributed by atoms with Crippen LogP contribution < -0.4 is 5.73 Å². The van der Waals surface area contributed by atoms with Crippen LogP contribution in [0.15, 0.2) is 30.3 Å². The molecule has 1 aromatic carbocycles. The second-order valence-electron chi connectivity index (χ2n) is 5.04. The molecule has 0 radical (unpaired) electrons. The molecule has 0 spiro atoms. The Morgan fingerprint density at radius 2 is 2.05 bits per heavy atom. The molecule has 4 heteroatoms. The molecule has 2 unspecified atom stereocenters. The molecule has 0 saturated carbocycles. The highest BCUT2D eigenvalue weighted by atomic mass is 16.2. The number of aryl methyl sites for hydroxylation is 1. The molecule has 0 aliphatic heterocycles. The van der Waals surface area contributed by atoms with E-state index in [4.69, 9.17) is 11.0 Å². The standard InChI is InChI=1S/C16H23N3O/c1-3-19(12-13(2)11-17)16(20)15(18)10-9-14-7-5-4-6-8-14/h4-8,13,15H,3,9-10,12,18H2,1-2H3. The number of carbonyl (C=O) groups is 1. The van der Waals surface area contributed by atoms with Gasteiger partial charge in [-0.3, -0.25) is 4.79 Å². The third-order valence-corrected chi connectivity index (χ3v) is 3.31. The fourth-order valence-corrected chi connectivity index (χ4v) is 2.07. The van der Waals surface area contributed by atoms with E-state index in [1.54, 1.807) is 4.90 Å². The van der Waals surface area contributed by atoms with Crippen LogP contribution in [-0.2, 0) is 11.2 Å². The summed E-state index contributed by atoms with van der Waals surface area (Å²) in [6.07, 6.45) is 1.42. The second kappa shape index (κ2) is 8.34. The van der Waals surface area contributed by atoms with Gasteiger partial charge in [0.2, 0.25) is 5.91 Å². The Labute approximate surface area is 121 Å². The van der Waals surface area contributed by atoms with Gasteiger partial charge in [-0.05, 0) is 32.3 Å². The van der Waals surface area contributed by atoms with Crippen molar-refractivity contribution >= 4 is 5.91 Å². The lowest BCUT2D eigenvalue weighted by Gasteiger charge is -2.25. The number of nitrogens with two attached hydrogens (primary N) is 1. The fraction of sp³-hybridized carbons (Fsp3) is 0.500. The third-order valence-electron chi connectivity index (χ3n) is 3.31.